The van der Waals surface area contributed by atoms with Gasteiger partial charge in [0.15, 0.2) is 0 Å². The number of benzene rings is 2. The number of hydrogen-bond donors (Lipinski definition) is 1. The number of rotatable bonds is 11. The quantitative estimate of drug-likeness (QED) is 0.378. The Morgan fingerprint density at radius 3 is 2.44 bits per heavy atom. The van der Waals surface area contributed by atoms with Gasteiger partial charge in [-0.2, -0.15) is 0 Å². The van der Waals surface area contributed by atoms with E-state index >= 15 is 0 Å². The minimum atomic E-state index is -0.354. The summed E-state index contributed by atoms with van der Waals surface area (Å²) in [6, 6.07) is 12.7. The molecule has 7 heteroatoms. The van der Waals surface area contributed by atoms with Crippen molar-refractivity contribution in [2.75, 3.05) is 31.7 Å². The van der Waals surface area contributed by atoms with Gasteiger partial charge in [-0.25, -0.2) is 0 Å². The third-order valence-electron chi connectivity index (χ3n) is 5.19. The van der Waals surface area contributed by atoms with Crippen molar-refractivity contribution in [3.05, 3.63) is 64.3 Å². The fourth-order valence-electron chi connectivity index (χ4n) is 3.45. The molecule has 0 aromatic heterocycles. The van der Waals surface area contributed by atoms with Crippen LogP contribution in [0.3, 0.4) is 0 Å². The van der Waals surface area contributed by atoms with E-state index in [4.69, 9.17) is 21.1 Å². The van der Waals surface area contributed by atoms with Crippen molar-refractivity contribution in [1.29, 1.82) is 0 Å². The molecule has 0 radical (unpaired) electrons. The van der Waals surface area contributed by atoms with E-state index in [0.717, 1.165) is 17.7 Å². The lowest BCUT2D eigenvalue weighted by atomic mass is 10.0. The molecular formula is C25H29ClN2O4. The average Bonchev–Trinajstić information content (AvgIpc) is 3.02. The molecule has 0 spiro atoms. The number of anilines is 1. The summed E-state index contributed by atoms with van der Waals surface area (Å²) in [6.45, 7) is 7.81. The van der Waals surface area contributed by atoms with E-state index in [2.05, 4.69) is 5.32 Å². The van der Waals surface area contributed by atoms with Gasteiger partial charge >= 0.3 is 0 Å². The lowest BCUT2D eigenvalue weighted by Crippen LogP contribution is -2.34. The van der Waals surface area contributed by atoms with Crippen LogP contribution in [-0.4, -0.2) is 43.1 Å². The van der Waals surface area contributed by atoms with E-state index in [-0.39, 0.29) is 17.5 Å². The normalized spacial score (nSPS) is 13.8. The summed E-state index contributed by atoms with van der Waals surface area (Å²) in [4.78, 5) is 27.8. The molecule has 0 fully saturated rings. The Morgan fingerprint density at radius 1 is 1.00 bits per heavy atom. The standard InChI is InChI=1S/C25H29ClN2O4/c1-4-15-32-19-12-10-18(11-13-19)22-23(27-21-9-6-8-20(26)17(21)3)25(30)28(24(22)29)14-7-16-31-5-2/h6,8-13,27H,4-5,7,14-16H2,1-3H3. The van der Waals surface area contributed by atoms with Crippen molar-refractivity contribution in [3.63, 3.8) is 0 Å². The van der Waals surface area contributed by atoms with Crippen LogP contribution in [0.2, 0.25) is 5.02 Å². The zero-order valence-corrected chi connectivity index (χ0v) is 19.5. The van der Waals surface area contributed by atoms with Crippen LogP contribution >= 0.6 is 11.6 Å². The molecule has 1 aliphatic heterocycles. The van der Waals surface area contributed by atoms with E-state index in [0.29, 0.717) is 54.6 Å². The zero-order chi connectivity index (χ0) is 23.1. The third-order valence-corrected chi connectivity index (χ3v) is 5.60. The third kappa shape index (κ3) is 5.31. The SMILES string of the molecule is CCCOc1ccc(C2=C(Nc3cccc(Cl)c3C)C(=O)N(CCCOCC)C2=O)cc1. The number of imide groups is 1. The van der Waals surface area contributed by atoms with Crippen molar-refractivity contribution in [2.45, 2.75) is 33.6 Å². The van der Waals surface area contributed by atoms with Gasteiger partial charge in [-0.05, 0) is 62.1 Å². The summed E-state index contributed by atoms with van der Waals surface area (Å²) < 4.78 is 11.0. The van der Waals surface area contributed by atoms with Gasteiger partial charge in [-0.3, -0.25) is 14.5 Å². The number of amides is 2. The van der Waals surface area contributed by atoms with Crippen LogP contribution in [0.4, 0.5) is 5.69 Å². The molecule has 32 heavy (non-hydrogen) atoms. The minimum Gasteiger partial charge on any atom is -0.494 e. The Hall–Kier alpha value is -2.83. The van der Waals surface area contributed by atoms with Gasteiger partial charge in [-0.15, -0.1) is 0 Å². The highest BCUT2D eigenvalue weighted by Gasteiger charge is 2.39. The first-order valence-corrected chi connectivity index (χ1v) is 11.3. The predicted molar refractivity (Wildman–Crippen MR) is 127 cm³/mol. The van der Waals surface area contributed by atoms with Crippen LogP contribution in [0.5, 0.6) is 5.75 Å². The first-order chi connectivity index (χ1) is 15.5. The van der Waals surface area contributed by atoms with Crippen molar-refractivity contribution in [1.82, 2.24) is 4.90 Å². The highest BCUT2D eigenvalue weighted by atomic mass is 35.5. The van der Waals surface area contributed by atoms with E-state index in [1.807, 2.05) is 51.1 Å². The Bertz CT molecular complexity index is 1000. The first-order valence-electron chi connectivity index (χ1n) is 10.9. The Balaban J connectivity index is 1.94. The largest absolute Gasteiger partial charge is 0.494 e. The monoisotopic (exact) mass is 456 g/mol. The van der Waals surface area contributed by atoms with Gasteiger partial charge in [0.05, 0.1) is 12.2 Å². The number of halogens is 1. The van der Waals surface area contributed by atoms with Crippen LogP contribution in [-0.2, 0) is 14.3 Å². The maximum absolute atomic E-state index is 13.3. The number of carbonyl (C=O) groups excluding carboxylic acids is 2. The highest BCUT2D eigenvalue weighted by molar-refractivity contribution is 6.36. The zero-order valence-electron chi connectivity index (χ0n) is 18.7. The van der Waals surface area contributed by atoms with E-state index < -0.39 is 0 Å². The van der Waals surface area contributed by atoms with E-state index in [1.165, 1.54) is 4.90 Å². The summed E-state index contributed by atoms with van der Waals surface area (Å²) in [5, 5.41) is 3.76. The number of hydrogen-bond acceptors (Lipinski definition) is 5. The minimum absolute atomic E-state index is 0.249. The van der Waals surface area contributed by atoms with E-state index in [1.54, 1.807) is 12.1 Å². The highest BCUT2D eigenvalue weighted by Crippen LogP contribution is 2.33. The summed E-state index contributed by atoms with van der Waals surface area (Å²) >= 11 is 6.26. The molecule has 3 rings (SSSR count). The summed E-state index contributed by atoms with van der Waals surface area (Å²) in [7, 11) is 0. The lowest BCUT2D eigenvalue weighted by molar-refractivity contribution is -0.137. The Morgan fingerprint density at radius 2 is 1.75 bits per heavy atom. The van der Waals surface area contributed by atoms with Crippen LogP contribution in [0.25, 0.3) is 5.57 Å². The number of nitrogens with zero attached hydrogens (tertiary/aromatic N) is 1. The van der Waals surface area contributed by atoms with Crippen molar-refractivity contribution >= 4 is 34.7 Å². The second-order valence-corrected chi connectivity index (χ2v) is 7.88. The number of carbonyl (C=O) groups is 2. The first kappa shape index (κ1) is 23.8. The fraction of sp³-hybridized carbons (Fsp3) is 0.360. The molecule has 0 unspecified atom stereocenters. The van der Waals surface area contributed by atoms with Gasteiger partial charge in [-0.1, -0.05) is 36.7 Å². The van der Waals surface area contributed by atoms with Crippen molar-refractivity contribution in [2.24, 2.45) is 0 Å². The Labute approximate surface area is 194 Å². The summed E-state index contributed by atoms with van der Waals surface area (Å²) in [5.74, 6) is 0.0461. The van der Waals surface area contributed by atoms with Gasteiger partial charge in [0, 0.05) is 30.5 Å². The van der Waals surface area contributed by atoms with Crippen LogP contribution in [0.1, 0.15) is 37.8 Å². The second-order valence-electron chi connectivity index (χ2n) is 7.47. The second kappa shape index (κ2) is 11.2. The van der Waals surface area contributed by atoms with Gasteiger partial charge in [0.2, 0.25) is 0 Å². The van der Waals surface area contributed by atoms with Crippen molar-refractivity contribution < 1.29 is 19.1 Å². The molecule has 0 atom stereocenters. The van der Waals surface area contributed by atoms with Crippen LogP contribution in [0, 0.1) is 6.92 Å². The van der Waals surface area contributed by atoms with Gasteiger partial charge < -0.3 is 14.8 Å². The van der Waals surface area contributed by atoms with Crippen LogP contribution in [0.15, 0.2) is 48.2 Å². The van der Waals surface area contributed by atoms with Crippen LogP contribution < -0.4 is 10.1 Å². The Kier molecular flexibility index (Phi) is 8.31. The molecule has 2 aromatic carbocycles. The molecule has 2 aromatic rings. The number of ether oxygens (including phenoxy) is 2. The van der Waals surface area contributed by atoms with Gasteiger partial charge in [0.25, 0.3) is 11.8 Å². The van der Waals surface area contributed by atoms with E-state index in [9.17, 15) is 9.59 Å². The maximum atomic E-state index is 13.3. The topological polar surface area (TPSA) is 67.9 Å². The molecule has 0 aliphatic carbocycles. The number of nitrogens with one attached hydrogen (secondary N) is 1. The fourth-order valence-corrected chi connectivity index (χ4v) is 3.62. The molecule has 0 saturated heterocycles. The molecule has 6 nitrogen and oxygen atoms in total. The molecule has 0 bridgehead atoms. The molecular weight excluding hydrogens is 428 g/mol. The molecule has 1 heterocycles. The summed E-state index contributed by atoms with van der Waals surface area (Å²) in [6.07, 6.45) is 1.48. The summed E-state index contributed by atoms with van der Waals surface area (Å²) in [5.41, 5.74) is 2.73. The molecule has 2 amide bonds. The van der Waals surface area contributed by atoms with Gasteiger partial charge in [0.1, 0.15) is 11.4 Å². The smallest absolute Gasteiger partial charge is 0.278 e. The lowest BCUT2D eigenvalue weighted by Gasteiger charge is -2.15. The molecule has 1 aliphatic rings. The molecule has 0 saturated carbocycles. The maximum Gasteiger partial charge on any atom is 0.278 e. The average molecular weight is 457 g/mol. The molecule has 170 valence electrons. The van der Waals surface area contributed by atoms with Crippen molar-refractivity contribution in [3.8, 4) is 5.75 Å². The molecule has 1 N–H and O–H groups in total. The predicted octanol–water partition coefficient (Wildman–Crippen LogP) is 5.06.